The van der Waals surface area contributed by atoms with Gasteiger partial charge in [0.2, 0.25) is 0 Å². The summed E-state index contributed by atoms with van der Waals surface area (Å²) in [7, 11) is -0.0879. The van der Waals surface area contributed by atoms with E-state index < -0.39 is 10.0 Å². The number of nitrogens with one attached hydrogen (secondary N) is 1. The molecule has 1 aliphatic carbocycles. The Hall–Kier alpha value is -1.74. The molecular formula is C20H28N4O3S. The van der Waals surface area contributed by atoms with Crippen molar-refractivity contribution in [3.8, 4) is 0 Å². The van der Waals surface area contributed by atoms with Crippen LogP contribution in [0.3, 0.4) is 0 Å². The van der Waals surface area contributed by atoms with Crippen molar-refractivity contribution in [2.75, 3.05) is 33.4 Å². The van der Waals surface area contributed by atoms with E-state index in [2.05, 4.69) is 22.4 Å². The molecule has 2 unspecified atom stereocenters. The number of sulfonamides is 1. The van der Waals surface area contributed by atoms with Gasteiger partial charge in [0.15, 0.2) is 5.03 Å². The minimum Gasteiger partial charge on any atom is -0.384 e. The fourth-order valence-corrected chi connectivity index (χ4v) is 5.52. The van der Waals surface area contributed by atoms with Gasteiger partial charge in [-0.1, -0.05) is 30.3 Å². The number of imidazole rings is 1. The van der Waals surface area contributed by atoms with Crippen molar-refractivity contribution in [2.24, 2.45) is 12.5 Å². The van der Waals surface area contributed by atoms with Crippen LogP contribution in [-0.4, -0.2) is 61.7 Å². The molecule has 2 heterocycles. The van der Waals surface area contributed by atoms with Gasteiger partial charge in [-0.25, -0.2) is 13.4 Å². The number of hydrogen-bond donors (Lipinski definition) is 1. The van der Waals surface area contributed by atoms with Gasteiger partial charge in [-0.05, 0) is 18.4 Å². The number of hydrogen-bond acceptors (Lipinski definition) is 5. The minimum absolute atomic E-state index is 0.0650. The van der Waals surface area contributed by atoms with Crippen LogP contribution in [0, 0.1) is 5.41 Å². The third-order valence-electron chi connectivity index (χ3n) is 5.95. The second-order valence-electron chi connectivity index (χ2n) is 8.14. The number of rotatable bonds is 8. The maximum absolute atomic E-state index is 13.1. The first-order valence-corrected chi connectivity index (χ1v) is 11.1. The summed E-state index contributed by atoms with van der Waals surface area (Å²) in [5, 5.41) is 3.78. The van der Waals surface area contributed by atoms with Gasteiger partial charge >= 0.3 is 0 Å². The molecule has 0 spiro atoms. The largest absolute Gasteiger partial charge is 0.384 e. The fraction of sp³-hybridized carbons (Fsp3) is 0.550. The van der Waals surface area contributed by atoms with Gasteiger partial charge in [0, 0.05) is 57.4 Å². The predicted molar refractivity (Wildman–Crippen MR) is 106 cm³/mol. The Morgan fingerprint density at radius 3 is 2.61 bits per heavy atom. The van der Waals surface area contributed by atoms with E-state index in [4.69, 9.17) is 4.74 Å². The molecule has 0 amide bonds. The second-order valence-corrected chi connectivity index (χ2v) is 10.0. The molecule has 2 aliphatic rings. The number of ether oxygens (including phenoxy) is 1. The first-order valence-electron chi connectivity index (χ1n) is 9.69. The third-order valence-corrected chi connectivity index (χ3v) is 7.66. The number of benzene rings is 1. The SMILES string of the molecule is COCC1(CNC2CN(S(=O)(=O)c3cn(C)cn3)CC2c2ccccc2)CC1. The number of methoxy groups -OCH3 is 1. The summed E-state index contributed by atoms with van der Waals surface area (Å²) in [6.07, 6.45) is 5.40. The Kier molecular flexibility index (Phi) is 5.30. The molecule has 0 bridgehead atoms. The molecule has 0 radical (unpaired) electrons. The molecule has 2 aromatic rings. The molecule has 1 N–H and O–H groups in total. The van der Waals surface area contributed by atoms with Crippen LogP contribution in [0.25, 0.3) is 0 Å². The van der Waals surface area contributed by atoms with E-state index in [0.29, 0.717) is 13.1 Å². The number of aromatic nitrogens is 2. The zero-order valence-corrected chi connectivity index (χ0v) is 17.2. The smallest absolute Gasteiger partial charge is 0.262 e. The van der Waals surface area contributed by atoms with E-state index in [-0.39, 0.29) is 22.4 Å². The first-order chi connectivity index (χ1) is 13.4. The van der Waals surface area contributed by atoms with Crippen LogP contribution >= 0.6 is 0 Å². The summed E-state index contributed by atoms with van der Waals surface area (Å²) in [6, 6.07) is 10.2. The van der Waals surface area contributed by atoms with E-state index in [1.165, 1.54) is 6.33 Å². The summed E-state index contributed by atoms with van der Waals surface area (Å²) in [4.78, 5) is 4.07. The molecule has 8 heteroatoms. The van der Waals surface area contributed by atoms with E-state index in [9.17, 15) is 8.42 Å². The summed E-state index contributed by atoms with van der Waals surface area (Å²) in [6.45, 7) is 2.50. The third kappa shape index (κ3) is 3.87. The molecule has 28 heavy (non-hydrogen) atoms. The molecule has 1 aromatic heterocycles. The molecule has 152 valence electrons. The van der Waals surface area contributed by atoms with Gasteiger partial charge in [-0.2, -0.15) is 4.31 Å². The Labute approximate surface area is 166 Å². The summed E-state index contributed by atoms with van der Waals surface area (Å²) >= 11 is 0. The Morgan fingerprint density at radius 2 is 2.00 bits per heavy atom. The van der Waals surface area contributed by atoms with Crippen molar-refractivity contribution in [2.45, 2.75) is 29.8 Å². The van der Waals surface area contributed by atoms with E-state index in [0.717, 1.165) is 31.6 Å². The molecule has 4 rings (SSSR count). The van der Waals surface area contributed by atoms with Gasteiger partial charge in [-0.3, -0.25) is 0 Å². The molecule has 1 saturated heterocycles. The lowest BCUT2D eigenvalue weighted by Crippen LogP contribution is -2.40. The van der Waals surface area contributed by atoms with E-state index >= 15 is 0 Å². The Bertz CT molecular complexity index is 909. The van der Waals surface area contributed by atoms with Gasteiger partial charge in [-0.15, -0.1) is 0 Å². The zero-order valence-electron chi connectivity index (χ0n) is 16.4. The van der Waals surface area contributed by atoms with Crippen molar-refractivity contribution < 1.29 is 13.2 Å². The van der Waals surface area contributed by atoms with Gasteiger partial charge in [0.1, 0.15) is 0 Å². The Balaban J connectivity index is 1.55. The van der Waals surface area contributed by atoms with Crippen LogP contribution < -0.4 is 5.32 Å². The highest BCUT2D eigenvalue weighted by atomic mass is 32.2. The highest BCUT2D eigenvalue weighted by Crippen LogP contribution is 2.45. The van der Waals surface area contributed by atoms with Gasteiger partial charge in [0.05, 0.1) is 12.9 Å². The maximum atomic E-state index is 13.1. The molecular weight excluding hydrogens is 376 g/mol. The van der Waals surface area contributed by atoms with Crippen LogP contribution in [0.4, 0.5) is 0 Å². The second kappa shape index (κ2) is 7.59. The van der Waals surface area contributed by atoms with Crippen LogP contribution in [0.2, 0.25) is 0 Å². The monoisotopic (exact) mass is 404 g/mol. The van der Waals surface area contributed by atoms with Gasteiger partial charge in [0.25, 0.3) is 10.0 Å². The fourth-order valence-electron chi connectivity index (χ4n) is 4.07. The molecule has 1 aliphatic heterocycles. The van der Waals surface area contributed by atoms with Crippen molar-refractivity contribution in [1.82, 2.24) is 19.2 Å². The van der Waals surface area contributed by atoms with Crippen LogP contribution in [0.5, 0.6) is 0 Å². The lowest BCUT2D eigenvalue weighted by Gasteiger charge is -2.23. The van der Waals surface area contributed by atoms with Crippen molar-refractivity contribution >= 4 is 10.0 Å². The van der Waals surface area contributed by atoms with E-state index in [1.54, 1.807) is 29.2 Å². The Morgan fingerprint density at radius 1 is 1.25 bits per heavy atom. The van der Waals surface area contributed by atoms with Gasteiger partial charge < -0.3 is 14.6 Å². The maximum Gasteiger partial charge on any atom is 0.262 e. The number of aryl methyl sites for hydroxylation is 1. The van der Waals surface area contributed by atoms with Crippen LogP contribution in [0.15, 0.2) is 47.9 Å². The first kappa shape index (κ1) is 19.6. The predicted octanol–water partition coefficient (Wildman–Crippen LogP) is 1.59. The highest BCUT2D eigenvalue weighted by molar-refractivity contribution is 7.89. The summed E-state index contributed by atoms with van der Waals surface area (Å²) in [5.41, 5.74) is 1.37. The lowest BCUT2D eigenvalue weighted by molar-refractivity contribution is 0.137. The van der Waals surface area contributed by atoms with Crippen LogP contribution in [0.1, 0.15) is 24.3 Å². The normalized spacial score (nSPS) is 24.5. The standard InChI is InChI=1S/C20H28N4O3S/c1-23-12-19(22-15-23)28(25,26)24-10-17(16-6-4-3-5-7-16)18(11-24)21-13-20(8-9-20)14-27-2/h3-7,12,15,17-18,21H,8-11,13-14H2,1-2H3. The molecule has 7 nitrogen and oxygen atoms in total. The summed E-state index contributed by atoms with van der Waals surface area (Å²) < 4.78 is 34.8. The quantitative estimate of drug-likeness (QED) is 0.723. The van der Waals surface area contributed by atoms with Crippen molar-refractivity contribution in [1.29, 1.82) is 0 Å². The average molecular weight is 405 g/mol. The topological polar surface area (TPSA) is 76.5 Å². The number of nitrogens with zero attached hydrogens (tertiary/aromatic N) is 3. The molecule has 1 saturated carbocycles. The molecule has 2 atom stereocenters. The lowest BCUT2D eigenvalue weighted by atomic mass is 9.94. The zero-order chi connectivity index (χ0) is 19.8. The molecule has 1 aromatic carbocycles. The highest BCUT2D eigenvalue weighted by Gasteiger charge is 2.45. The minimum atomic E-state index is -3.60. The molecule has 2 fully saturated rings. The average Bonchev–Trinajstić information content (AvgIpc) is 3.10. The van der Waals surface area contributed by atoms with Crippen LogP contribution in [-0.2, 0) is 21.8 Å². The van der Waals surface area contributed by atoms with E-state index in [1.807, 2.05) is 18.2 Å². The van der Waals surface area contributed by atoms with Crippen molar-refractivity contribution in [3.05, 3.63) is 48.4 Å². The van der Waals surface area contributed by atoms with Crippen molar-refractivity contribution in [3.63, 3.8) is 0 Å². The summed E-state index contributed by atoms with van der Waals surface area (Å²) in [5.74, 6) is 0.109.